The fourth-order valence-electron chi connectivity index (χ4n) is 4.21. The highest BCUT2D eigenvalue weighted by Gasteiger charge is 2.24. The van der Waals surface area contributed by atoms with E-state index in [0.717, 1.165) is 0 Å². The van der Waals surface area contributed by atoms with Crippen LogP contribution in [0.25, 0.3) is 6.08 Å². The van der Waals surface area contributed by atoms with Gasteiger partial charge >= 0.3 is 0 Å². The SMILES string of the molecule is CCCCCC[N+](C/C=C/c1ccccc1)(CCCCCC)CCCCCC. The summed E-state index contributed by atoms with van der Waals surface area (Å²) in [6, 6.07) is 10.8. The van der Waals surface area contributed by atoms with E-state index in [4.69, 9.17) is 0 Å². The van der Waals surface area contributed by atoms with Gasteiger partial charge in [-0.2, -0.15) is 0 Å². The Hall–Kier alpha value is -1.08. The highest BCUT2D eigenvalue weighted by Crippen LogP contribution is 2.18. The van der Waals surface area contributed by atoms with Gasteiger partial charge in [0.15, 0.2) is 0 Å². The lowest BCUT2D eigenvalue weighted by molar-refractivity contribution is -0.923. The minimum absolute atomic E-state index is 1.21. The van der Waals surface area contributed by atoms with Crippen LogP contribution in [0.5, 0.6) is 0 Å². The lowest BCUT2D eigenvalue weighted by Crippen LogP contribution is -2.50. The standard InChI is InChI=1S/C27H48N/c1-4-7-10-16-23-28(24-17-11-8-5-2,25-18-12-9-6-3)26-19-22-27-20-14-13-15-21-27/h13-15,19-22H,4-12,16-18,23-26H2,1-3H3/q+1/b22-19+. The molecule has 0 saturated carbocycles. The first-order valence-corrected chi connectivity index (χ1v) is 12.3. The van der Waals surface area contributed by atoms with Gasteiger partial charge in [-0.3, -0.25) is 0 Å². The zero-order valence-electron chi connectivity index (χ0n) is 19.3. The van der Waals surface area contributed by atoms with E-state index in [1.165, 1.54) is 113 Å². The van der Waals surface area contributed by atoms with Crippen LogP contribution in [-0.2, 0) is 0 Å². The Morgan fingerprint density at radius 3 is 1.50 bits per heavy atom. The molecular formula is C27H48N+. The minimum atomic E-state index is 1.21. The summed E-state index contributed by atoms with van der Waals surface area (Å²) in [5.41, 5.74) is 1.34. The Labute approximate surface area is 176 Å². The van der Waals surface area contributed by atoms with Crippen molar-refractivity contribution in [3.63, 3.8) is 0 Å². The van der Waals surface area contributed by atoms with Gasteiger partial charge in [0, 0.05) is 0 Å². The molecule has 1 nitrogen and oxygen atoms in total. The van der Waals surface area contributed by atoms with E-state index in [9.17, 15) is 0 Å². The van der Waals surface area contributed by atoms with Gasteiger partial charge in [-0.05, 0) is 50.2 Å². The number of nitrogens with zero attached hydrogens (tertiary/aromatic N) is 1. The topological polar surface area (TPSA) is 0 Å². The molecule has 0 saturated heterocycles. The van der Waals surface area contributed by atoms with Crippen molar-refractivity contribution in [1.29, 1.82) is 0 Å². The maximum atomic E-state index is 2.47. The molecule has 0 N–H and O–H groups in total. The second kappa shape index (κ2) is 16.8. The third kappa shape index (κ3) is 11.7. The Morgan fingerprint density at radius 1 is 0.607 bits per heavy atom. The average molecular weight is 387 g/mol. The van der Waals surface area contributed by atoms with Crippen molar-refractivity contribution in [2.24, 2.45) is 0 Å². The molecule has 0 aliphatic rings. The lowest BCUT2D eigenvalue weighted by atomic mass is 10.1. The van der Waals surface area contributed by atoms with Crippen molar-refractivity contribution < 1.29 is 4.48 Å². The molecule has 0 aromatic heterocycles. The first-order chi connectivity index (χ1) is 13.8. The summed E-state index contributed by atoms with van der Waals surface area (Å²) in [6.45, 7) is 12.3. The lowest BCUT2D eigenvalue weighted by Gasteiger charge is -2.38. The van der Waals surface area contributed by atoms with Gasteiger partial charge in [0.05, 0.1) is 26.2 Å². The van der Waals surface area contributed by atoms with Crippen LogP contribution in [0.2, 0.25) is 0 Å². The summed E-state index contributed by atoms with van der Waals surface area (Å²) in [4.78, 5) is 0. The number of quaternary nitrogens is 1. The summed E-state index contributed by atoms with van der Waals surface area (Å²) >= 11 is 0. The zero-order chi connectivity index (χ0) is 20.3. The van der Waals surface area contributed by atoms with E-state index < -0.39 is 0 Å². The van der Waals surface area contributed by atoms with Gasteiger partial charge in [0.1, 0.15) is 0 Å². The van der Waals surface area contributed by atoms with Crippen molar-refractivity contribution in [3.05, 3.63) is 42.0 Å². The maximum Gasteiger partial charge on any atom is 0.0977 e. The number of hydrogen-bond donors (Lipinski definition) is 0. The van der Waals surface area contributed by atoms with Crippen LogP contribution in [0.15, 0.2) is 36.4 Å². The predicted octanol–water partition coefficient (Wildman–Crippen LogP) is 8.26. The molecule has 0 radical (unpaired) electrons. The molecule has 0 heterocycles. The second-order valence-electron chi connectivity index (χ2n) is 8.69. The van der Waals surface area contributed by atoms with Crippen LogP contribution in [0, 0.1) is 0 Å². The van der Waals surface area contributed by atoms with Gasteiger partial charge in [0.2, 0.25) is 0 Å². The van der Waals surface area contributed by atoms with Crippen LogP contribution in [0.1, 0.15) is 103 Å². The van der Waals surface area contributed by atoms with E-state index in [1.54, 1.807) is 0 Å². The average Bonchev–Trinajstić information content (AvgIpc) is 2.72. The molecule has 0 amide bonds. The molecule has 160 valence electrons. The third-order valence-electron chi connectivity index (χ3n) is 6.06. The quantitative estimate of drug-likeness (QED) is 0.176. The zero-order valence-corrected chi connectivity index (χ0v) is 19.3. The smallest absolute Gasteiger partial charge is 0.0977 e. The van der Waals surface area contributed by atoms with Gasteiger partial charge in [-0.1, -0.05) is 95.7 Å². The normalized spacial score (nSPS) is 12.1. The van der Waals surface area contributed by atoms with Gasteiger partial charge < -0.3 is 4.48 Å². The molecule has 0 atom stereocenters. The van der Waals surface area contributed by atoms with Gasteiger partial charge in [-0.15, -0.1) is 0 Å². The monoisotopic (exact) mass is 386 g/mol. The molecule has 1 heteroatoms. The van der Waals surface area contributed by atoms with Crippen molar-refractivity contribution in [2.75, 3.05) is 26.2 Å². The van der Waals surface area contributed by atoms with Crippen molar-refractivity contribution in [1.82, 2.24) is 0 Å². The molecule has 28 heavy (non-hydrogen) atoms. The van der Waals surface area contributed by atoms with Gasteiger partial charge in [0.25, 0.3) is 0 Å². The van der Waals surface area contributed by atoms with E-state index in [0.29, 0.717) is 0 Å². The van der Waals surface area contributed by atoms with Crippen molar-refractivity contribution in [2.45, 2.75) is 97.8 Å². The molecule has 0 aliphatic heterocycles. The number of rotatable bonds is 18. The van der Waals surface area contributed by atoms with Crippen LogP contribution < -0.4 is 0 Å². The van der Waals surface area contributed by atoms with E-state index in [2.05, 4.69) is 63.3 Å². The summed E-state index contributed by atoms with van der Waals surface area (Å²) < 4.78 is 1.32. The minimum Gasteiger partial charge on any atom is -0.320 e. The van der Waals surface area contributed by atoms with Crippen molar-refractivity contribution >= 4 is 6.08 Å². The fraction of sp³-hybridized carbons (Fsp3) is 0.704. The van der Waals surface area contributed by atoms with E-state index >= 15 is 0 Å². The molecule has 1 aromatic carbocycles. The predicted molar refractivity (Wildman–Crippen MR) is 128 cm³/mol. The van der Waals surface area contributed by atoms with Gasteiger partial charge in [-0.25, -0.2) is 0 Å². The Kier molecular flexibility index (Phi) is 15.0. The number of benzene rings is 1. The Morgan fingerprint density at radius 2 is 1.07 bits per heavy atom. The first-order valence-electron chi connectivity index (χ1n) is 12.3. The molecule has 0 aliphatic carbocycles. The highest BCUT2D eigenvalue weighted by atomic mass is 15.3. The Balaban J connectivity index is 2.76. The second-order valence-corrected chi connectivity index (χ2v) is 8.69. The van der Waals surface area contributed by atoms with E-state index in [1.807, 2.05) is 0 Å². The molecule has 0 fully saturated rings. The van der Waals surface area contributed by atoms with Crippen molar-refractivity contribution in [3.8, 4) is 0 Å². The number of unbranched alkanes of at least 4 members (excludes halogenated alkanes) is 9. The summed E-state index contributed by atoms with van der Waals surface area (Å²) in [5.74, 6) is 0. The highest BCUT2D eigenvalue weighted by molar-refractivity contribution is 5.48. The third-order valence-corrected chi connectivity index (χ3v) is 6.06. The summed E-state index contributed by atoms with van der Waals surface area (Å²) in [5, 5.41) is 0. The summed E-state index contributed by atoms with van der Waals surface area (Å²) in [7, 11) is 0. The molecule has 0 spiro atoms. The first kappa shape index (κ1) is 25.0. The molecular weight excluding hydrogens is 338 g/mol. The van der Waals surface area contributed by atoms with Crippen LogP contribution in [0.4, 0.5) is 0 Å². The van der Waals surface area contributed by atoms with Crippen LogP contribution >= 0.6 is 0 Å². The fourth-order valence-corrected chi connectivity index (χ4v) is 4.21. The molecule has 0 unspecified atom stereocenters. The molecule has 1 aromatic rings. The maximum absolute atomic E-state index is 2.47. The van der Waals surface area contributed by atoms with Crippen LogP contribution in [0.3, 0.4) is 0 Å². The molecule has 1 rings (SSSR count). The summed E-state index contributed by atoms with van der Waals surface area (Å²) in [6.07, 6.45) is 21.4. The number of hydrogen-bond acceptors (Lipinski definition) is 0. The van der Waals surface area contributed by atoms with Crippen LogP contribution in [-0.4, -0.2) is 30.7 Å². The van der Waals surface area contributed by atoms with E-state index in [-0.39, 0.29) is 0 Å². The Bertz CT molecular complexity index is 445. The largest absolute Gasteiger partial charge is 0.320 e. The molecule has 0 bridgehead atoms.